The number of aryl methyl sites for hydroxylation is 2. The first-order chi connectivity index (χ1) is 19.6. The Bertz CT molecular complexity index is 1320. The number of fused-ring (bicyclic) bond motifs is 1. The van der Waals surface area contributed by atoms with Crippen molar-refractivity contribution in [2.75, 3.05) is 24.6 Å². The van der Waals surface area contributed by atoms with Crippen molar-refractivity contribution in [2.45, 2.75) is 64.0 Å². The smallest absolute Gasteiger partial charge is 0.489 e. The lowest BCUT2D eigenvalue weighted by Gasteiger charge is -2.34. The average molecular weight is 575 g/mol. The van der Waals surface area contributed by atoms with Gasteiger partial charge in [0.05, 0.1) is 0 Å². The molecule has 0 spiro atoms. The summed E-state index contributed by atoms with van der Waals surface area (Å²) in [6, 6.07) is 14.4. The van der Waals surface area contributed by atoms with E-state index in [1.165, 1.54) is 18.3 Å². The van der Waals surface area contributed by atoms with Crippen molar-refractivity contribution in [3.8, 4) is 17.5 Å². The number of anilines is 1. The molecule has 41 heavy (non-hydrogen) atoms. The fraction of sp³-hybridized carbons (Fsp3) is 0.483. The third-order valence-corrected chi connectivity index (χ3v) is 7.73. The Morgan fingerprint density at radius 2 is 1.76 bits per heavy atom. The van der Waals surface area contributed by atoms with E-state index in [0.29, 0.717) is 25.5 Å². The number of nitro groups is 1. The molecule has 1 unspecified atom stereocenters. The van der Waals surface area contributed by atoms with Gasteiger partial charge in [-0.25, -0.2) is 0 Å². The Hall–Kier alpha value is -3.96. The van der Waals surface area contributed by atoms with Gasteiger partial charge in [-0.15, -0.1) is 13.2 Å². The summed E-state index contributed by atoms with van der Waals surface area (Å²) < 4.78 is 54.5. The maximum atomic E-state index is 12.3. The van der Waals surface area contributed by atoms with Crippen LogP contribution in [0.4, 0.5) is 24.7 Å². The SMILES string of the molecule is CC1(COc2ccc(N3CCC(CCCc4ccc(OC(F)(F)F)cc4)CC3)cc2)CCn2cc([N+](=O)[O-])nc2O1. The molecule has 5 rings (SSSR count). The van der Waals surface area contributed by atoms with Crippen molar-refractivity contribution in [1.82, 2.24) is 9.55 Å². The predicted octanol–water partition coefficient (Wildman–Crippen LogP) is 6.55. The van der Waals surface area contributed by atoms with E-state index >= 15 is 0 Å². The number of hydrogen-bond acceptors (Lipinski definition) is 7. The van der Waals surface area contributed by atoms with Gasteiger partial charge in [0.1, 0.15) is 29.9 Å². The first-order valence-electron chi connectivity index (χ1n) is 13.8. The number of ether oxygens (including phenoxy) is 3. The van der Waals surface area contributed by atoms with Crippen LogP contribution in [0.5, 0.6) is 17.5 Å². The minimum Gasteiger partial charge on any atom is -0.489 e. The highest BCUT2D eigenvalue weighted by Gasteiger charge is 2.37. The van der Waals surface area contributed by atoms with E-state index in [4.69, 9.17) is 9.47 Å². The highest BCUT2D eigenvalue weighted by molar-refractivity contribution is 5.49. The van der Waals surface area contributed by atoms with Gasteiger partial charge in [0.2, 0.25) is 0 Å². The van der Waals surface area contributed by atoms with Gasteiger partial charge in [0, 0.05) is 36.7 Å². The first-order valence-corrected chi connectivity index (χ1v) is 13.8. The molecule has 0 aliphatic carbocycles. The molecule has 2 aromatic carbocycles. The van der Waals surface area contributed by atoms with Crippen LogP contribution in [-0.2, 0) is 13.0 Å². The molecule has 2 aliphatic rings. The molecule has 9 nitrogen and oxygen atoms in total. The molecule has 1 aromatic heterocycles. The molecule has 0 N–H and O–H groups in total. The molecular formula is C29H33F3N4O5. The normalized spacial score (nSPS) is 19.4. The molecule has 2 aliphatic heterocycles. The van der Waals surface area contributed by atoms with Gasteiger partial charge in [-0.2, -0.15) is 0 Å². The number of nitrogens with zero attached hydrogens (tertiary/aromatic N) is 4. The van der Waals surface area contributed by atoms with Crippen molar-refractivity contribution in [2.24, 2.45) is 5.92 Å². The lowest BCUT2D eigenvalue weighted by Crippen LogP contribution is -2.43. The molecule has 3 heterocycles. The number of alkyl halides is 3. The number of halogens is 3. The van der Waals surface area contributed by atoms with E-state index in [-0.39, 0.29) is 17.6 Å². The number of hydrogen-bond donors (Lipinski definition) is 0. The van der Waals surface area contributed by atoms with Crippen LogP contribution in [0.1, 0.15) is 44.6 Å². The maximum absolute atomic E-state index is 12.3. The van der Waals surface area contributed by atoms with Gasteiger partial charge in [0.15, 0.2) is 0 Å². The third kappa shape index (κ3) is 7.62. The van der Waals surface area contributed by atoms with Crippen LogP contribution >= 0.6 is 0 Å². The second-order valence-corrected chi connectivity index (χ2v) is 10.9. The topological polar surface area (TPSA) is 91.9 Å². The molecule has 1 saturated heterocycles. The fourth-order valence-electron chi connectivity index (χ4n) is 5.37. The van der Waals surface area contributed by atoms with Gasteiger partial charge < -0.3 is 29.2 Å². The highest BCUT2D eigenvalue weighted by Crippen LogP contribution is 2.32. The van der Waals surface area contributed by atoms with Gasteiger partial charge >= 0.3 is 18.2 Å². The number of aromatic nitrogens is 2. The zero-order valence-corrected chi connectivity index (χ0v) is 22.8. The van der Waals surface area contributed by atoms with Crippen LogP contribution in [0, 0.1) is 16.0 Å². The van der Waals surface area contributed by atoms with Crippen molar-refractivity contribution in [1.29, 1.82) is 0 Å². The van der Waals surface area contributed by atoms with Crippen LogP contribution in [-0.4, -0.2) is 46.1 Å². The van der Waals surface area contributed by atoms with E-state index in [9.17, 15) is 23.3 Å². The molecule has 3 aromatic rings. The predicted molar refractivity (Wildman–Crippen MR) is 145 cm³/mol. The Morgan fingerprint density at radius 3 is 2.41 bits per heavy atom. The second kappa shape index (κ2) is 11.9. The van der Waals surface area contributed by atoms with E-state index in [2.05, 4.69) is 26.8 Å². The summed E-state index contributed by atoms with van der Waals surface area (Å²) in [7, 11) is 0. The first kappa shape index (κ1) is 28.6. The summed E-state index contributed by atoms with van der Waals surface area (Å²) in [4.78, 5) is 16.8. The maximum Gasteiger partial charge on any atom is 0.573 e. The highest BCUT2D eigenvalue weighted by atomic mass is 19.4. The Balaban J connectivity index is 1.03. The van der Waals surface area contributed by atoms with Crippen LogP contribution in [0.3, 0.4) is 0 Å². The van der Waals surface area contributed by atoms with E-state index in [0.717, 1.165) is 62.2 Å². The van der Waals surface area contributed by atoms with Crippen LogP contribution in [0.15, 0.2) is 54.7 Å². The van der Waals surface area contributed by atoms with Crippen LogP contribution in [0.2, 0.25) is 0 Å². The van der Waals surface area contributed by atoms with Crippen molar-refractivity contribution in [3.63, 3.8) is 0 Å². The van der Waals surface area contributed by atoms with Gasteiger partial charge in [-0.3, -0.25) is 4.57 Å². The lowest BCUT2D eigenvalue weighted by molar-refractivity contribution is -0.389. The zero-order chi connectivity index (χ0) is 29.0. The summed E-state index contributed by atoms with van der Waals surface area (Å²) in [5.74, 6) is 0.947. The summed E-state index contributed by atoms with van der Waals surface area (Å²) in [5.41, 5.74) is 1.52. The number of rotatable bonds is 10. The molecule has 0 amide bonds. The van der Waals surface area contributed by atoms with Crippen molar-refractivity contribution < 1.29 is 32.3 Å². The molecule has 0 radical (unpaired) electrons. The molecule has 220 valence electrons. The van der Waals surface area contributed by atoms with Crippen molar-refractivity contribution in [3.05, 3.63) is 70.4 Å². The monoisotopic (exact) mass is 574 g/mol. The average Bonchev–Trinajstić information content (AvgIpc) is 3.36. The Kier molecular flexibility index (Phi) is 8.27. The Morgan fingerprint density at radius 1 is 1.07 bits per heavy atom. The van der Waals surface area contributed by atoms with Gasteiger partial charge in [0.25, 0.3) is 0 Å². The Labute approximate surface area is 236 Å². The summed E-state index contributed by atoms with van der Waals surface area (Å²) in [6.07, 6.45) is 2.48. The summed E-state index contributed by atoms with van der Waals surface area (Å²) >= 11 is 0. The van der Waals surface area contributed by atoms with E-state index in [1.807, 2.05) is 19.1 Å². The van der Waals surface area contributed by atoms with Crippen molar-refractivity contribution >= 4 is 11.5 Å². The van der Waals surface area contributed by atoms with Crippen LogP contribution in [0.25, 0.3) is 0 Å². The van der Waals surface area contributed by atoms with Gasteiger partial charge in [-0.05, 0) is 91.8 Å². The number of imidazole rings is 1. The standard InChI is InChI=1S/C29H33F3N4O5/c1-28(15-18-35-19-26(36(37)38)33-27(35)41-28)20-39-24-11-7-23(8-12-24)34-16-13-22(14-17-34)4-2-3-21-5-9-25(10-6-21)40-29(30,31)32/h5-12,19,22H,2-4,13-18,20H2,1H3. The quantitative estimate of drug-likeness (QED) is 0.200. The molecule has 12 heteroatoms. The third-order valence-electron chi connectivity index (χ3n) is 7.73. The molecule has 0 saturated carbocycles. The largest absolute Gasteiger partial charge is 0.573 e. The molecule has 0 bridgehead atoms. The minimum atomic E-state index is -4.67. The number of benzene rings is 2. The second-order valence-electron chi connectivity index (χ2n) is 10.9. The van der Waals surface area contributed by atoms with Crippen LogP contribution < -0.4 is 19.1 Å². The zero-order valence-electron chi connectivity index (χ0n) is 22.8. The lowest BCUT2D eigenvalue weighted by atomic mass is 9.90. The molecular weight excluding hydrogens is 541 g/mol. The molecule has 1 fully saturated rings. The van der Waals surface area contributed by atoms with Gasteiger partial charge in [-0.1, -0.05) is 12.1 Å². The van der Waals surface area contributed by atoms with E-state index < -0.39 is 16.9 Å². The van der Waals surface area contributed by atoms with E-state index in [1.54, 1.807) is 16.7 Å². The summed E-state index contributed by atoms with van der Waals surface area (Å²) in [5, 5.41) is 11.0. The fourth-order valence-corrected chi connectivity index (χ4v) is 5.37. The molecule has 1 atom stereocenters. The minimum absolute atomic E-state index is 0.190. The summed E-state index contributed by atoms with van der Waals surface area (Å²) in [6.45, 7) is 4.72. The number of piperidine rings is 1.